The van der Waals surface area contributed by atoms with Gasteiger partial charge in [-0.05, 0) is 53.4 Å². The highest BCUT2D eigenvalue weighted by Gasteiger charge is 2.32. The predicted molar refractivity (Wildman–Crippen MR) is 123 cm³/mol. The number of aliphatic imine (C=N–C) groups is 1. The van der Waals surface area contributed by atoms with Crippen LogP contribution >= 0.6 is 0 Å². The first-order valence-electron chi connectivity index (χ1n) is 10.6. The molecule has 0 saturated heterocycles. The molecule has 1 aliphatic heterocycles. The molecule has 0 fully saturated rings. The molecular formula is C26H25FN4. The number of hydrogen-bond acceptors (Lipinski definition) is 4. The Morgan fingerprint density at radius 1 is 1.00 bits per heavy atom. The van der Waals surface area contributed by atoms with E-state index in [1.807, 2.05) is 43.4 Å². The topological polar surface area (TPSA) is 42.6 Å². The number of anilines is 1. The molecule has 0 N–H and O–H groups in total. The summed E-state index contributed by atoms with van der Waals surface area (Å²) < 4.78 is 13.4. The lowest BCUT2D eigenvalue weighted by molar-refractivity contribution is 0.288. The number of benzene rings is 3. The van der Waals surface area contributed by atoms with Crippen LogP contribution in [0.5, 0.6) is 0 Å². The zero-order valence-electron chi connectivity index (χ0n) is 17.8. The molecule has 4 rings (SSSR count). The predicted octanol–water partition coefficient (Wildman–Crippen LogP) is 6.32. The molecule has 1 atom stereocenters. The Kier molecular flexibility index (Phi) is 6.11. The highest BCUT2D eigenvalue weighted by atomic mass is 19.1. The fourth-order valence-corrected chi connectivity index (χ4v) is 3.95. The zero-order chi connectivity index (χ0) is 21.8. The van der Waals surface area contributed by atoms with Crippen molar-refractivity contribution in [2.45, 2.75) is 32.4 Å². The van der Waals surface area contributed by atoms with Crippen molar-refractivity contribution in [2.24, 2.45) is 4.99 Å². The minimum atomic E-state index is -0.246. The van der Waals surface area contributed by atoms with Crippen LogP contribution in [0.2, 0.25) is 0 Å². The molecule has 1 heterocycles. The maximum atomic E-state index is 13.4. The molecule has 1 aliphatic rings. The Labute approximate surface area is 182 Å². The summed E-state index contributed by atoms with van der Waals surface area (Å²) in [6, 6.07) is 24.7. The van der Waals surface area contributed by atoms with Gasteiger partial charge in [0.25, 0.3) is 0 Å². The van der Waals surface area contributed by atoms with Crippen molar-refractivity contribution in [1.29, 1.82) is 5.26 Å². The first kappa shape index (κ1) is 20.8. The van der Waals surface area contributed by atoms with Crippen molar-refractivity contribution in [3.8, 4) is 17.2 Å². The highest BCUT2D eigenvalue weighted by Crippen LogP contribution is 2.35. The molecule has 156 valence electrons. The number of rotatable bonds is 6. The molecule has 0 amide bonds. The van der Waals surface area contributed by atoms with Crippen LogP contribution < -0.4 is 5.01 Å². The van der Waals surface area contributed by atoms with Gasteiger partial charge in [-0.2, -0.15) is 10.3 Å². The summed E-state index contributed by atoms with van der Waals surface area (Å²) in [5.41, 5.74) is 4.57. The van der Waals surface area contributed by atoms with Crippen molar-refractivity contribution in [2.75, 3.05) is 12.1 Å². The van der Waals surface area contributed by atoms with Gasteiger partial charge in [0.15, 0.2) is 0 Å². The van der Waals surface area contributed by atoms with Gasteiger partial charge in [0.1, 0.15) is 17.8 Å². The fourth-order valence-electron chi connectivity index (χ4n) is 3.95. The van der Waals surface area contributed by atoms with Gasteiger partial charge in [-0.15, -0.1) is 0 Å². The third kappa shape index (κ3) is 4.21. The zero-order valence-corrected chi connectivity index (χ0v) is 17.8. The Morgan fingerprint density at radius 2 is 1.71 bits per heavy atom. The largest absolute Gasteiger partial charge is 0.259 e. The third-order valence-corrected chi connectivity index (χ3v) is 5.58. The number of nitrogens with zero attached hydrogens (tertiary/aromatic N) is 4. The second-order valence-electron chi connectivity index (χ2n) is 7.66. The molecule has 0 spiro atoms. The highest BCUT2D eigenvalue weighted by molar-refractivity contribution is 5.98. The van der Waals surface area contributed by atoms with Gasteiger partial charge in [0.2, 0.25) is 0 Å². The second kappa shape index (κ2) is 9.11. The molecule has 0 radical (unpaired) electrons. The summed E-state index contributed by atoms with van der Waals surface area (Å²) in [6.45, 7) is 2.17. The van der Waals surface area contributed by atoms with Crippen LogP contribution in [0.3, 0.4) is 0 Å². The van der Waals surface area contributed by atoms with Crippen LogP contribution in [0.25, 0.3) is 11.1 Å². The molecule has 5 heteroatoms. The van der Waals surface area contributed by atoms with Crippen LogP contribution in [-0.2, 0) is 0 Å². The first-order chi connectivity index (χ1) is 15.1. The molecule has 31 heavy (non-hydrogen) atoms. The standard InChI is InChI=1S/C26H25FN4/c1-3-4-9-25-29-26(20-10-14-22(27)15-11-20)30(2)31(25)23-16-12-19(13-17-23)24-8-6-5-7-21(24)18-28/h5-8,10-17,26H,3-4,9H2,1-2H3. The van der Waals surface area contributed by atoms with Crippen molar-refractivity contribution < 1.29 is 4.39 Å². The minimum absolute atomic E-state index is 0.188. The number of nitriles is 1. The average molecular weight is 413 g/mol. The normalized spacial score (nSPS) is 16.3. The summed E-state index contributed by atoms with van der Waals surface area (Å²) in [5.74, 6) is 0.758. The van der Waals surface area contributed by atoms with Crippen molar-refractivity contribution in [3.05, 3.63) is 89.7 Å². The van der Waals surface area contributed by atoms with E-state index in [0.29, 0.717) is 5.56 Å². The fraction of sp³-hybridized carbons (Fsp3) is 0.231. The van der Waals surface area contributed by atoms with Crippen molar-refractivity contribution >= 4 is 11.5 Å². The smallest absolute Gasteiger partial charge is 0.146 e. The number of hydrogen-bond donors (Lipinski definition) is 0. The molecule has 3 aromatic rings. The molecular weight excluding hydrogens is 387 g/mol. The molecule has 0 saturated carbocycles. The molecule has 0 aliphatic carbocycles. The van der Waals surface area contributed by atoms with E-state index in [1.54, 1.807) is 12.1 Å². The summed E-state index contributed by atoms with van der Waals surface area (Å²) in [5, 5.41) is 13.6. The molecule has 4 nitrogen and oxygen atoms in total. The second-order valence-corrected chi connectivity index (χ2v) is 7.66. The Balaban J connectivity index is 1.66. The number of hydrazine groups is 1. The molecule has 0 aromatic heterocycles. The Hall–Kier alpha value is -3.49. The maximum Gasteiger partial charge on any atom is 0.146 e. The average Bonchev–Trinajstić information content (AvgIpc) is 3.14. The SMILES string of the molecule is CCCCC1=NC(c2ccc(F)cc2)N(C)N1c1ccc(-c2ccccc2C#N)cc1. The van der Waals surface area contributed by atoms with Gasteiger partial charge in [0.05, 0.1) is 17.3 Å². The molecule has 1 unspecified atom stereocenters. The maximum absolute atomic E-state index is 13.4. The van der Waals surface area contributed by atoms with E-state index in [2.05, 4.69) is 35.1 Å². The van der Waals surface area contributed by atoms with Gasteiger partial charge >= 0.3 is 0 Å². The molecule has 3 aromatic carbocycles. The van der Waals surface area contributed by atoms with E-state index in [4.69, 9.17) is 4.99 Å². The van der Waals surface area contributed by atoms with Crippen molar-refractivity contribution in [1.82, 2.24) is 5.01 Å². The van der Waals surface area contributed by atoms with Gasteiger partial charge in [-0.25, -0.2) is 9.38 Å². The molecule has 0 bridgehead atoms. The number of unbranched alkanes of at least 4 members (excludes halogenated alkanes) is 1. The van der Waals surface area contributed by atoms with E-state index >= 15 is 0 Å². The Morgan fingerprint density at radius 3 is 2.39 bits per heavy atom. The van der Waals surface area contributed by atoms with Gasteiger partial charge in [-0.3, -0.25) is 5.01 Å². The first-order valence-corrected chi connectivity index (χ1v) is 10.6. The summed E-state index contributed by atoms with van der Waals surface area (Å²) in [4.78, 5) is 4.98. The van der Waals surface area contributed by atoms with E-state index in [0.717, 1.165) is 47.5 Å². The van der Waals surface area contributed by atoms with Crippen LogP contribution in [0.15, 0.2) is 77.8 Å². The van der Waals surface area contributed by atoms with E-state index in [-0.39, 0.29) is 12.0 Å². The van der Waals surface area contributed by atoms with Crippen LogP contribution in [0, 0.1) is 17.1 Å². The summed E-state index contributed by atoms with van der Waals surface area (Å²) >= 11 is 0. The lowest BCUT2D eigenvalue weighted by atomic mass is 10.0. The van der Waals surface area contributed by atoms with E-state index in [9.17, 15) is 9.65 Å². The van der Waals surface area contributed by atoms with Gasteiger partial charge < -0.3 is 0 Å². The minimum Gasteiger partial charge on any atom is -0.259 e. The summed E-state index contributed by atoms with van der Waals surface area (Å²) in [6.07, 6.45) is 2.82. The monoisotopic (exact) mass is 412 g/mol. The van der Waals surface area contributed by atoms with Crippen LogP contribution in [0.1, 0.15) is 43.5 Å². The van der Waals surface area contributed by atoms with E-state index in [1.165, 1.54) is 12.1 Å². The quantitative estimate of drug-likeness (QED) is 0.476. The number of halogens is 1. The third-order valence-electron chi connectivity index (χ3n) is 5.58. The van der Waals surface area contributed by atoms with Crippen molar-refractivity contribution in [3.63, 3.8) is 0 Å². The van der Waals surface area contributed by atoms with E-state index < -0.39 is 0 Å². The lowest BCUT2D eigenvalue weighted by Crippen LogP contribution is -2.39. The van der Waals surface area contributed by atoms with Gasteiger partial charge in [-0.1, -0.05) is 55.8 Å². The number of amidine groups is 1. The van der Waals surface area contributed by atoms with Gasteiger partial charge in [0, 0.05) is 13.5 Å². The lowest BCUT2D eigenvalue weighted by Gasteiger charge is -2.31. The van der Waals surface area contributed by atoms with Crippen LogP contribution in [0.4, 0.5) is 10.1 Å². The Bertz CT molecular complexity index is 1110. The summed E-state index contributed by atoms with van der Waals surface area (Å²) in [7, 11) is 2.01. The van der Waals surface area contributed by atoms with Crippen LogP contribution in [-0.4, -0.2) is 17.9 Å².